The summed E-state index contributed by atoms with van der Waals surface area (Å²) in [6.45, 7) is 1.16. The number of hydrogen-bond acceptors (Lipinski definition) is 4. The molecule has 160 valence electrons. The summed E-state index contributed by atoms with van der Waals surface area (Å²) in [6.07, 6.45) is 4.95. The van der Waals surface area contributed by atoms with Crippen molar-refractivity contribution in [1.29, 1.82) is 0 Å². The predicted molar refractivity (Wildman–Crippen MR) is 101 cm³/mol. The Labute approximate surface area is 167 Å². The molecule has 29 heavy (non-hydrogen) atoms. The van der Waals surface area contributed by atoms with Crippen molar-refractivity contribution < 1.29 is 27.6 Å². The highest BCUT2D eigenvalue weighted by Crippen LogP contribution is 2.19. The zero-order valence-electron chi connectivity index (χ0n) is 16.4. The molecule has 1 aliphatic rings. The molecule has 2 rings (SSSR count). The standard InChI is InChI=1S/C19H25F3N4O3/c1-11(18(28)25-19(29)23-12-6-4-3-5-7-12)26(2)10-15(27)24-14-9-8-13(20)16(21)17(14)22/h8-9,11-12H,3-7,10H2,1-2H3,(H,24,27)(H2,23,25,28,29)/t11-/m1/s1. The van der Waals surface area contributed by atoms with Crippen LogP contribution in [-0.4, -0.2) is 48.4 Å². The van der Waals surface area contributed by atoms with Crippen LogP contribution in [0.2, 0.25) is 0 Å². The van der Waals surface area contributed by atoms with Gasteiger partial charge in [-0.2, -0.15) is 0 Å². The van der Waals surface area contributed by atoms with Crippen molar-refractivity contribution in [2.75, 3.05) is 18.9 Å². The molecule has 0 spiro atoms. The molecule has 0 aliphatic heterocycles. The third kappa shape index (κ3) is 6.45. The Morgan fingerprint density at radius 2 is 1.76 bits per heavy atom. The first kappa shape index (κ1) is 22.7. The lowest BCUT2D eigenvalue weighted by Crippen LogP contribution is -2.51. The Bertz CT molecular complexity index is 769. The molecule has 0 radical (unpaired) electrons. The molecule has 0 heterocycles. The second-order valence-electron chi connectivity index (χ2n) is 7.16. The van der Waals surface area contributed by atoms with E-state index in [0.717, 1.165) is 38.2 Å². The fourth-order valence-corrected chi connectivity index (χ4v) is 3.06. The van der Waals surface area contributed by atoms with E-state index >= 15 is 0 Å². The molecule has 0 unspecified atom stereocenters. The number of urea groups is 1. The fourth-order valence-electron chi connectivity index (χ4n) is 3.06. The number of anilines is 1. The molecule has 0 aromatic heterocycles. The van der Waals surface area contributed by atoms with Gasteiger partial charge in [-0.3, -0.25) is 19.8 Å². The molecule has 1 fully saturated rings. The Morgan fingerprint density at radius 3 is 2.41 bits per heavy atom. The summed E-state index contributed by atoms with van der Waals surface area (Å²) < 4.78 is 39.8. The quantitative estimate of drug-likeness (QED) is 0.624. The lowest BCUT2D eigenvalue weighted by Gasteiger charge is -2.25. The molecule has 7 nitrogen and oxygen atoms in total. The number of nitrogens with zero attached hydrogens (tertiary/aromatic N) is 1. The van der Waals surface area contributed by atoms with E-state index in [-0.39, 0.29) is 12.6 Å². The zero-order valence-corrected chi connectivity index (χ0v) is 16.4. The molecule has 1 aliphatic carbocycles. The maximum absolute atomic E-state index is 13.6. The van der Waals surface area contributed by atoms with Crippen LogP contribution >= 0.6 is 0 Å². The monoisotopic (exact) mass is 414 g/mol. The number of rotatable bonds is 6. The summed E-state index contributed by atoms with van der Waals surface area (Å²) in [5.74, 6) is -5.90. The molecule has 1 aromatic carbocycles. The van der Waals surface area contributed by atoms with Gasteiger partial charge in [0, 0.05) is 6.04 Å². The number of imide groups is 1. The number of carbonyl (C=O) groups excluding carboxylic acids is 3. The van der Waals surface area contributed by atoms with Crippen molar-refractivity contribution in [3.63, 3.8) is 0 Å². The maximum Gasteiger partial charge on any atom is 0.321 e. The fraction of sp³-hybridized carbons (Fsp3) is 0.526. The summed E-state index contributed by atoms with van der Waals surface area (Å²) in [5.41, 5.74) is -0.508. The van der Waals surface area contributed by atoms with E-state index in [9.17, 15) is 27.6 Å². The molecule has 1 saturated carbocycles. The molecule has 3 N–H and O–H groups in total. The van der Waals surface area contributed by atoms with Gasteiger partial charge in [0.2, 0.25) is 11.8 Å². The number of carbonyl (C=O) groups is 3. The van der Waals surface area contributed by atoms with E-state index in [1.165, 1.54) is 18.9 Å². The third-order valence-corrected chi connectivity index (χ3v) is 4.92. The van der Waals surface area contributed by atoms with Gasteiger partial charge < -0.3 is 10.6 Å². The highest BCUT2D eigenvalue weighted by Gasteiger charge is 2.24. The van der Waals surface area contributed by atoms with Crippen LogP contribution in [0.4, 0.5) is 23.7 Å². The van der Waals surface area contributed by atoms with Crippen LogP contribution in [0.5, 0.6) is 0 Å². The predicted octanol–water partition coefficient (Wildman–Crippen LogP) is 2.52. The molecule has 10 heteroatoms. The van der Waals surface area contributed by atoms with Crippen molar-refractivity contribution >= 4 is 23.5 Å². The summed E-state index contributed by atoms with van der Waals surface area (Å²) in [4.78, 5) is 37.5. The van der Waals surface area contributed by atoms with Crippen LogP contribution in [-0.2, 0) is 9.59 Å². The van der Waals surface area contributed by atoms with Gasteiger partial charge in [0.1, 0.15) is 0 Å². The van der Waals surface area contributed by atoms with Crippen molar-refractivity contribution in [2.45, 2.75) is 51.1 Å². The topological polar surface area (TPSA) is 90.5 Å². The average molecular weight is 414 g/mol. The third-order valence-electron chi connectivity index (χ3n) is 4.92. The molecule has 1 aromatic rings. The molecule has 4 amide bonds. The number of nitrogens with one attached hydrogen (secondary N) is 3. The highest BCUT2D eigenvalue weighted by atomic mass is 19.2. The number of likely N-dealkylation sites (N-methyl/N-ethyl adjacent to an activating group) is 1. The van der Waals surface area contributed by atoms with Crippen LogP contribution in [0.15, 0.2) is 12.1 Å². The van der Waals surface area contributed by atoms with Gasteiger partial charge in [0.15, 0.2) is 17.5 Å². The van der Waals surface area contributed by atoms with Gasteiger partial charge in [-0.25, -0.2) is 18.0 Å². The van der Waals surface area contributed by atoms with Gasteiger partial charge in [-0.05, 0) is 38.9 Å². The van der Waals surface area contributed by atoms with Crippen LogP contribution in [0.25, 0.3) is 0 Å². The van der Waals surface area contributed by atoms with Gasteiger partial charge >= 0.3 is 6.03 Å². The number of benzene rings is 1. The molecule has 0 bridgehead atoms. The second-order valence-corrected chi connectivity index (χ2v) is 7.16. The first-order valence-corrected chi connectivity index (χ1v) is 9.44. The van der Waals surface area contributed by atoms with E-state index in [1.54, 1.807) is 0 Å². The van der Waals surface area contributed by atoms with Crippen LogP contribution in [0.3, 0.4) is 0 Å². The maximum atomic E-state index is 13.6. The lowest BCUT2D eigenvalue weighted by atomic mass is 9.96. The van der Waals surface area contributed by atoms with E-state index in [1.807, 2.05) is 0 Å². The van der Waals surface area contributed by atoms with Crippen molar-refractivity contribution in [1.82, 2.24) is 15.5 Å². The Morgan fingerprint density at radius 1 is 1.10 bits per heavy atom. The zero-order chi connectivity index (χ0) is 21.6. The summed E-state index contributed by atoms with van der Waals surface area (Å²) in [6, 6.07) is 0.209. The molecular weight excluding hydrogens is 389 g/mol. The van der Waals surface area contributed by atoms with E-state index in [4.69, 9.17) is 0 Å². The Kier molecular flexibility index (Phi) is 8.00. The van der Waals surface area contributed by atoms with E-state index in [0.29, 0.717) is 6.07 Å². The molecule has 1 atom stereocenters. The van der Waals surface area contributed by atoms with Crippen molar-refractivity contribution in [3.8, 4) is 0 Å². The van der Waals surface area contributed by atoms with Crippen LogP contribution < -0.4 is 16.0 Å². The van der Waals surface area contributed by atoms with Gasteiger partial charge in [0.05, 0.1) is 18.3 Å². The van der Waals surface area contributed by atoms with E-state index < -0.39 is 47.0 Å². The smallest absolute Gasteiger partial charge is 0.321 e. The SMILES string of the molecule is C[C@H](C(=O)NC(=O)NC1CCCCC1)N(C)CC(=O)Nc1ccc(F)c(F)c1F. The normalized spacial score (nSPS) is 15.7. The van der Waals surface area contributed by atoms with Crippen molar-refractivity contribution in [2.24, 2.45) is 0 Å². The van der Waals surface area contributed by atoms with E-state index in [2.05, 4.69) is 16.0 Å². The summed E-state index contributed by atoms with van der Waals surface area (Å²) in [5, 5.41) is 7.12. The minimum Gasteiger partial charge on any atom is -0.335 e. The van der Waals surface area contributed by atoms with Crippen molar-refractivity contribution in [3.05, 3.63) is 29.6 Å². The first-order chi connectivity index (χ1) is 13.7. The Hall–Kier alpha value is -2.62. The van der Waals surface area contributed by atoms with Crippen LogP contribution in [0, 0.1) is 17.5 Å². The number of hydrogen-bond donors (Lipinski definition) is 3. The minimum absolute atomic E-state index is 0.0429. The molecular formula is C19H25F3N4O3. The lowest BCUT2D eigenvalue weighted by molar-refractivity contribution is -0.125. The summed E-state index contributed by atoms with van der Waals surface area (Å²) >= 11 is 0. The highest BCUT2D eigenvalue weighted by molar-refractivity contribution is 5.97. The first-order valence-electron chi connectivity index (χ1n) is 9.44. The average Bonchev–Trinajstić information content (AvgIpc) is 2.68. The Balaban J connectivity index is 1.83. The van der Waals surface area contributed by atoms with Gasteiger partial charge in [-0.1, -0.05) is 19.3 Å². The largest absolute Gasteiger partial charge is 0.335 e. The second kappa shape index (κ2) is 10.2. The summed E-state index contributed by atoms with van der Waals surface area (Å²) in [7, 11) is 1.46. The molecule has 0 saturated heterocycles. The number of halogens is 3. The van der Waals surface area contributed by atoms with Gasteiger partial charge in [-0.15, -0.1) is 0 Å². The van der Waals surface area contributed by atoms with Crippen LogP contribution in [0.1, 0.15) is 39.0 Å². The number of amides is 4. The van der Waals surface area contributed by atoms with Gasteiger partial charge in [0.25, 0.3) is 0 Å². The minimum atomic E-state index is -1.69.